The molecule has 7 nitrogen and oxygen atoms in total. The number of benzene rings is 3. The van der Waals surface area contributed by atoms with Crippen LogP contribution in [0, 0.1) is 0 Å². The Morgan fingerprint density at radius 2 is 1.71 bits per heavy atom. The Morgan fingerprint density at radius 3 is 2.45 bits per heavy atom. The van der Waals surface area contributed by atoms with Crippen molar-refractivity contribution in [2.45, 2.75) is 12.5 Å². The molecule has 2 amide bonds. The summed E-state index contributed by atoms with van der Waals surface area (Å²) in [5, 5.41) is 5.90. The van der Waals surface area contributed by atoms with E-state index in [0.717, 1.165) is 22.3 Å². The highest BCUT2D eigenvalue weighted by atomic mass is 16.5. The second-order valence-corrected chi connectivity index (χ2v) is 7.04. The number of rotatable bonds is 7. The second-order valence-electron chi connectivity index (χ2n) is 7.04. The van der Waals surface area contributed by atoms with Gasteiger partial charge in [-0.25, -0.2) is 9.78 Å². The van der Waals surface area contributed by atoms with Gasteiger partial charge in [-0.05, 0) is 48.4 Å². The van der Waals surface area contributed by atoms with Gasteiger partial charge in [0.25, 0.3) is 0 Å². The molecule has 0 aliphatic carbocycles. The molecule has 31 heavy (non-hydrogen) atoms. The summed E-state index contributed by atoms with van der Waals surface area (Å²) in [7, 11) is 3.20. The Morgan fingerprint density at radius 1 is 0.968 bits per heavy atom. The van der Waals surface area contributed by atoms with Crippen molar-refractivity contribution < 1.29 is 14.3 Å². The van der Waals surface area contributed by atoms with Crippen LogP contribution >= 0.6 is 0 Å². The molecule has 0 bridgehead atoms. The largest absolute Gasteiger partial charge is 0.497 e. The zero-order chi connectivity index (χ0) is 21.6. The highest BCUT2D eigenvalue weighted by Crippen LogP contribution is 2.24. The lowest BCUT2D eigenvalue weighted by atomic mass is 10.1. The van der Waals surface area contributed by atoms with Crippen molar-refractivity contribution in [3.05, 3.63) is 84.2 Å². The van der Waals surface area contributed by atoms with Crippen LogP contribution in [0.5, 0.6) is 11.5 Å². The summed E-state index contributed by atoms with van der Waals surface area (Å²) >= 11 is 0. The van der Waals surface area contributed by atoms with Crippen molar-refractivity contribution in [1.29, 1.82) is 0 Å². The van der Waals surface area contributed by atoms with Gasteiger partial charge >= 0.3 is 6.03 Å². The fraction of sp³-hybridized carbons (Fsp3) is 0.167. The van der Waals surface area contributed by atoms with E-state index in [9.17, 15) is 4.79 Å². The number of carbonyl (C=O) groups is 1. The van der Waals surface area contributed by atoms with Crippen LogP contribution < -0.4 is 20.1 Å². The van der Waals surface area contributed by atoms with Crippen LogP contribution in [0.25, 0.3) is 11.0 Å². The fourth-order valence-corrected chi connectivity index (χ4v) is 3.42. The standard InChI is InChI=1S/C24H24N4O3/c1-30-17-13-11-16(12-14-17)15-21(23-25-18-7-3-4-8-19(18)26-23)28-24(29)27-20-9-5-6-10-22(20)31-2/h3-14,21H,15H2,1-2H3,(H,25,26)(H2,27,28,29). The van der Waals surface area contributed by atoms with Crippen LogP contribution in [0.1, 0.15) is 17.4 Å². The monoisotopic (exact) mass is 416 g/mol. The first kappa shape index (κ1) is 20.3. The van der Waals surface area contributed by atoms with E-state index in [1.807, 2.05) is 60.7 Å². The number of aromatic nitrogens is 2. The third-order valence-corrected chi connectivity index (χ3v) is 5.00. The molecule has 4 rings (SSSR count). The number of nitrogens with zero attached hydrogens (tertiary/aromatic N) is 1. The van der Waals surface area contributed by atoms with Gasteiger partial charge in [0.1, 0.15) is 17.3 Å². The molecule has 1 aromatic heterocycles. The highest BCUT2D eigenvalue weighted by molar-refractivity contribution is 5.91. The highest BCUT2D eigenvalue weighted by Gasteiger charge is 2.20. The Bertz CT molecular complexity index is 1140. The van der Waals surface area contributed by atoms with Crippen molar-refractivity contribution in [1.82, 2.24) is 15.3 Å². The average Bonchev–Trinajstić information content (AvgIpc) is 3.24. The van der Waals surface area contributed by atoms with E-state index in [4.69, 9.17) is 9.47 Å². The molecule has 1 unspecified atom stereocenters. The molecule has 0 saturated heterocycles. The molecule has 0 aliphatic heterocycles. The first-order valence-corrected chi connectivity index (χ1v) is 9.94. The number of aromatic amines is 1. The number of methoxy groups -OCH3 is 2. The Hall–Kier alpha value is -4.00. The maximum Gasteiger partial charge on any atom is 0.319 e. The number of hydrogen-bond donors (Lipinski definition) is 3. The van der Waals surface area contributed by atoms with E-state index in [-0.39, 0.29) is 12.1 Å². The maximum atomic E-state index is 12.8. The molecule has 4 aromatic rings. The Labute approximate surface area is 180 Å². The first-order valence-electron chi connectivity index (χ1n) is 9.94. The van der Waals surface area contributed by atoms with Crippen molar-refractivity contribution >= 4 is 22.8 Å². The first-order chi connectivity index (χ1) is 15.2. The molecule has 0 saturated carbocycles. The van der Waals surface area contributed by atoms with Gasteiger partial charge in [-0.3, -0.25) is 0 Å². The van der Waals surface area contributed by atoms with Crippen LogP contribution in [-0.4, -0.2) is 30.2 Å². The average molecular weight is 416 g/mol. The molecule has 0 spiro atoms. The van der Waals surface area contributed by atoms with Crippen LogP contribution in [0.4, 0.5) is 10.5 Å². The van der Waals surface area contributed by atoms with E-state index in [0.29, 0.717) is 23.7 Å². The summed E-state index contributed by atoms with van der Waals surface area (Å²) < 4.78 is 10.6. The SMILES string of the molecule is COc1ccc(CC(NC(=O)Nc2ccccc2OC)c2nc3ccccc3[nH]2)cc1. The number of anilines is 1. The van der Waals surface area contributed by atoms with Crippen LogP contribution in [0.15, 0.2) is 72.8 Å². The number of hydrogen-bond acceptors (Lipinski definition) is 4. The molecule has 158 valence electrons. The smallest absolute Gasteiger partial charge is 0.319 e. The number of urea groups is 1. The van der Waals surface area contributed by atoms with Gasteiger partial charge < -0.3 is 25.1 Å². The quantitative estimate of drug-likeness (QED) is 0.408. The lowest BCUT2D eigenvalue weighted by molar-refractivity contribution is 0.248. The molecule has 1 atom stereocenters. The van der Waals surface area contributed by atoms with Gasteiger partial charge in [0.05, 0.1) is 37.0 Å². The molecule has 3 aromatic carbocycles. The lowest BCUT2D eigenvalue weighted by Crippen LogP contribution is -2.34. The van der Waals surface area contributed by atoms with E-state index < -0.39 is 0 Å². The predicted molar refractivity (Wildman–Crippen MR) is 121 cm³/mol. The van der Waals surface area contributed by atoms with Crippen LogP contribution in [0.2, 0.25) is 0 Å². The Balaban J connectivity index is 1.58. The number of H-pyrrole nitrogens is 1. The van der Waals surface area contributed by atoms with Gasteiger partial charge in [0, 0.05) is 0 Å². The summed E-state index contributed by atoms with van der Waals surface area (Å²) in [6.45, 7) is 0. The van der Waals surface area contributed by atoms with E-state index >= 15 is 0 Å². The molecule has 7 heteroatoms. The third kappa shape index (κ3) is 4.78. The minimum atomic E-state index is -0.365. The molecular formula is C24H24N4O3. The van der Waals surface area contributed by atoms with Crippen LogP contribution in [0.3, 0.4) is 0 Å². The fourth-order valence-electron chi connectivity index (χ4n) is 3.42. The summed E-state index contributed by atoms with van der Waals surface area (Å²) in [5.74, 6) is 2.06. The lowest BCUT2D eigenvalue weighted by Gasteiger charge is -2.18. The van der Waals surface area contributed by atoms with Crippen molar-refractivity contribution in [2.75, 3.05) is 19.5 Å². The summed E-state index contributed by atoms with van der Waals surface area (Å²) in [6, 6.07) is 22.1. The summed E-state index contributed by atoms with van der Waals surface area (Å²) in [6.07, 6.45) is 0.559. The minimum Gasteiger partial charge on any atom is -0.497 e. The zero-order valence-electron chi connectivity index (χ0n) is 17.4. The van der Waals surface area contributed by atoms with Crippen molar-refractivity contribution in [2.24, 2.45) is 0 Å². The van der Waals surface area contributed by atoms with Gasteiger partial charge in [-0.1, -0.05) is 36.4 Å². The number of imidazole rings is 1. The number of nitrogens with one attached hydrogen (secondary N) is 3. The molecule has 3 N–H and O–H groups in total. The van der Waals surface area contributed by atoms with E-state index in [2.05, 4.69) is 20.6 Å². The van der Waals surface area contributed by atoms with Gasteiger partial charge in [-0.2, -0.15) is 0 Å². The number of fused-ring (bicyclic) bond motifs is 1. The predicted octanol–water partition coefficient (Wildman–Crippen LogP) is 4.69. The molecule has 0 fully saturated rings. The van der Waals surface area contributed by atoms with Crippen LogP contribution in [-0.2, 0) is 6.42 Å². The number of ether oxygens (including phenoxy) is 2. The Kier molecular flexibility index (Phi) is 6.03. The molecule has 0 aliphatic rings. The molecular weight excluding hydrogens is 392 g/mol. The molecule has 0 radical (unpaired) electrons. The normalized spacial score (nSPS) is 11.7. The minimum absolute atomic E-state index is 0.344. The third-order valence-electron chi connectivity index (χ3n) is 5.00. The van der Waals surface area contributed by atoms with Crippen molar-refractivity contribution in [3.63, 3.8) is 0 Å². The van der Waals surface area contributed by atoms with Gasteiger partial charge in [-0.15, -0.1) is 0 Å². The van der Waals surface area contributed by atoms with Gasteiger partial charge in [0.2, 0.25) is 0 Å². The van der Waals surface area contributed by atoms with E-state index in [1.54, 1.807) is 26.4 Å². The van der Waals surface area contributed by atoms with E-state index in [1.165, 1.54) is 0 Å². The van der Waals surface area contributed by atoms with Gasteiger partial charge in [0.15, 0.2) is 0 Å². The topological polar surface area (TPSA) is 88.3 Å². The second kappa shape index (κ2) is 9.21. The molecule has 1 heterocycles. The van der Waals surface area contributed by atoms with Crippen molar-refractivity contribution in [3.8, 4) is 11.5 Å². The zero-order valence-corrected chi connectivity index (χ0v) is 17.4. The number of para-hydroxylation sites is 4. The number of amides is 2. The number of carbonyl (C=O) groups excluding carboxylic acids is 1. The summed E-state index contributed by atoms with van der Waals surface area (Å²) in [5.41, 5.74) is 3.41. The summed E-state index contributed by atoms with van der Waals surface area (Å²) in [4.78, 5) is 20.8. The maximum absolute atomic E-state index is 12.8.